The third-order valence-corrected chi connectivity index (χ3v) is 4.14. The van der Waals surface area contributed by atoms with E-state index in [-0.39, 0.29) is 23.8 Å². The summed E-state index contributed by atoms with van der Waals surface area (Å²) in [6.07, 6.45) is 0. The molecule has 1 rings (SSSR count). The van der Waals surface area contributed by atoms with Crippen molar-refractivity contribution >= 4 is 23.4 Å². The number of hydrogen-bond acceptors (Lipinski definition) is 2. The van der Waals surface area contributed by atoms with Crippen LogP contribution in [0.1, 0.15) is 51.9 Å². The number of rotatable bonds is 7. The first-order chi connectivity index (χ1) is 11.1. The molecule has 0 radical (unpaired) electrons. The van der Waals surface area contributed by atoms with Crippen LogP contribution in [-0.4, -0.2) is 35.3 Å². The normalized spacial score (nSPS) is 12.6. The molecule has 1 unspecified atom stereocenters. The number of carbonyl (C=O) groups is 2. The Hall–Kier alpha value is -1.55. The lowest BCUT2D eigenvalue weighted by Crippen LogP contribution is -2.53. The SMILES string of the molecule is CC(C)CN(C(=O)C(NC(=O)c1ccccc1Cl)C(C)C)C(C)C. The Morgan fingerprint density at radius 2 is 1.67 bits per heavy atom. The Labute approximate surface area is 150 Å². The van der Waals surface area contributed by atoms with Crippen molar-refractivity contribution in [2.24, 2.45) is 11.8 Å². The quantitative estimate of drug-likeness (QED) is 0.806. The fourth-order valence-electron chi connectivity index (χ4n) is 2.51. The van der Waals surface area contributed by atoms with Gasteiger partial charge in [-0.3, -0.25) is 9.59 Å². The van der Waals surface area contributed by atoms with Gasteiger partial charge in [0, 0.05) is 12.6 Å². The van der Waals surface area contributed by atoms with Crippen molar-refractivity contribution in [2.75, 3.05) is 6.54 Å². The number of nitrogens with zero attached hydrogens (tertiary/aromatic N) is 1. The van der Waals surface area contributed by atoms with Gasteiger partial charge in [-0.1, -0.05) is 51.4 Å². The monoisotopic (exact) mass is 352 g/mol. The van der Waals surface area contributed by atoms with E-state index >= 15 is 0 Å². The second-order valence-electron chi connectivity index (χ2n) is 7.15. The smallest absolute Gasteiger partial charge is 0.253 e. The van der Waals surface area contributed by atoms with E-state index in [4.69, 9.17) is 11.6 Å². The minimum Gasteiger partial charge on any atom is -0.340 e. The van der Waals surface area contributed by atoms with Crippen LogP contribution in [0.5, 0.6) is 0 Å². The van der Waals surface area contributed by atoms with E-state index in [1.807, 2.05) is 32.6 Å². The maximum atomic E-state index is 13.0. The fourth-order valence-corrected chi connectivity index (χ4v) is 2.73. The molecule has 24 heavy (non-hydrogen) atoms. The summed E-state index contributed by atoms with van der Waals surface area (Å²) >= 11 is 6.09. The first kappa shape index (κ1) is 20.5. The third kappa shape index (κ3) is 5.52. The maximum Gasteiger partial charge on any atom is 0.253 e. The van der Waals surface area contributed by atoms with Crippen LogP contribution in [0, 0.1) is 11.8 Å². The molecule has 0 bridgehead atoms. The van der Waals surface area contributed by atoms with E-state index in [1.165, 1.54) is 0 Å². The van der Waals surface area contributed by atoms with Crippen LogP contribution in [0.3, 0.4) is 0 Å². The zero-order valence-corrected chi connectivity index (χ0v) is 16.2. The molecule has 0 saturated carbocycles. The highest BCUT2D eigenvalue weighted by Gasteiger charge is 2.30. The average Bonchev–Trinajstić information content (AvgIpc) is 2.49. The molecule has 5 heteroatoms. The van der Waals surface area contributed by atoms with Gasteiger partial charge in [0.2, 0.25) is 5.91 Å². The predicted molar refractivity (Wildman–Crippen MR) is 99.2 cm³/mol. The fraction of sp³-hybridized carbons (Fsp3) is 0.579. The zero-order valence-electron chi connectivity index (χ0n) is 15.5. The molecule has 1 N–H and O–H groups in total. The van der Waals surface area contributed by atoms with Crippen LogP contribution < -0.4 is 5.32 Å². The van der Waals surface area contributed by atoms with Crippen LogP contribution in [0.2, 0.25) is 5.02 Å². The van der Waals surface area contributed by atoms with Gasteiger partial charge in [-0.25, -0.2) is 0 Å². The van der Waals surface area contributed by atoms with Gasteiger partial charge in [0.25, 0.3) is 5.91 Å². The molecule has 1 aromatic carbocycles. The number of halogens is 1. The van der Waals surface area contributed by atoms with Crippen LogP contribution in [0.15, 0.2) is 24.3 Å². The van der Waals surface area contributed by atoms with E-state index in [2.05, 4.69) is 19.2 Å². The molecule has 1 aromatic rings. The topological polar surface area (TPSA) is 49.4 Å². The highest BCUT2D eigenvalue weighted by Crippen LogP contribution is 2.17. The molecule has 134 valence electrons. The molecule has 0 aliphatic carbocycles. The second-order valence-corrected chi connectivity index (χ2v) is 7.56. The third-order valence-electron chi connectivity index (χ3n) is 3.81. The molecule has 0 aliphatic heterocycles. The number of benzene rings is 1. The average molecular weight is 353 g/mol. The lowest BCUT2D eigenvalue weighted by Gasteiger charge is -2.33. The van der Waals surface area contributed by atoms with Crippen molar-refractivity contribution in [1.29, 1.82) is 0 Å². The van der Waals surface area contributed by atoms with E-state index in [1.54, 1.807) is 24.3 Å². The van der Waals surface area contributed by atoms with Crippen molar-refractivity contribution in [3.8, 4) is 0 Å². The summed E-state index contributed by atoms with van der Waals surface area (Å²) in [6, 6.07) is 6.36. The maximum absolute atomic E-state index is 13.0. The molecular weight excluding hydrogens is 324 g/mol. The molecule has 4 nitrogen and oxygen atoms in total. The molecule has 0 heterocycles. The predicted octanol–water partition coefficient (Wildman–Crippen LogP) is 3.99. The van der Waals surface area contributed by atoms with Crippen molar-refractivity contribution in [3.05, 3.63) is 34.9 Å². The standard InChI is InChI=1S/C19H29ClN2O2/c1-12(2)11-22(14(5)6)19(24)17(13(3)4)21-18(23)15-9-7-8-10-16(15)20/h7-10,12-14,17H,11H2,1-6H3,(H,21,23). The van der Waals surface area contributed by atoms with Crippen molar-refractivity contribution < 1.29 is 9.59 Å². The Morgan fingerprint density at radius 3 is 2.12 bits per heavy atom. The Balaban J connectivity index is 2.99. The minimum absolute atomic E-state index is 0.0163. The van der Waals surface area contributed by atoms with Crippen molar-refractivity contribution in [2.45, 2.75) is 53.6 Å². The highest BCUT2D eigenvalue weighted by molar-refractivity contribution is 6.33. The van der Waals surface area contributed by atoms with Gasteiger partial charge in [0.05, 0.1) is 10.6 Å². The summed E-state index contributed by atoms with van der Waals surface area (Å²) in [5.74, 6) is -0.0178. The molecule has 0 fully saturated rings. The zero-order chi connectivity index (χ0) is 18.4. The number of amides is 2. The number of nitrogens with one attached hydrogen (secondary N) is 1. The Bertz CT molecular complexity index is 570. The minimum atomic E-state index is -0.574. The summed E-state index contributed by atoms with van der Waals surface area (Å²) in [5, 5.41) is 3.25. The second kappa shape index (κ2) is 9.07. The molecule has 0 aromatic heterocycles. The lowest BCUT2D eigenvalue weighted by atomic mass is 10.0. The Morgan fingerprint density at radius 1 is 1.08 bits per heavy atom. The van der Waals surface area contributed by atoms with Gasteiger partial charge in [-0.15, -0.1) is 0 Å². The molecule has 0 aliphatic rings. The van der Waals surface area contributed by atoms with E-state index in [0.29, 0.717) is 23.0 Å². The van der Waals surface area contributed by atoms with E-state index in [0.717, 1.165) is 0 Å². The lowest BCUT2D eigenvalue weighted by molar-refractivity contribution is -0.136. The Kier molecular flexibility index (Phi) is 7.74. The highest BCUT2D eigenvalue weighted by atomic mass is 35.5. The van der Waals surface area contributed by atoms with Crippen LogP contribution >= 0.6 is 11.6 Å². The van der Waals surface area contributed by atoms with Crippen LogP contribution in [0.4, 0.5) is 0 Å². The molecule has 1 atom stereocenters. The van der Waals surface area contributed by atoms with E-state index < -0.39 is 6.04 Å². The van der Waals surface area contributed by atoms with Gasteiger partial charge in [0.15, 0.2) is 0 Å². The van der Waals surface area contributed by atoms with Gasteiger partial charge in [0.1, 0.15) is 6.04 Å². The van der Waals surface area contributed by atoms with Crippen LogP contribution in [-0.2, 0) is 4.79 Å². The first-order valence-electron chi connectivity index (χ1n) is 8.51. The molecule has 0 spiro atoms. The van der Waals surface area contributed by atoms with Crippen molar-refractivity contribution in [1.82, 2.24) is 10.2 Å². The summed E-state index contributed by atoms with van der Waals surface area (Å²) in [4.78, 5) is 27.4. The summed E-state index contributed by atoms with van der Waals surface area (Å²) < 4.78 is 0. The molecular formula is C19H29ClN2O2. The summed E-state index contributed by atoms with van der Waals surface area (Å²) in [7, 11) is 0. The number of carbonyl (C=O) groups excluding carboxylic acids is 2. The van der Waals surface area contributed by atoms with Gasteiger partial charge < -0.3 is 10.2 Å². The molecule has 2 amide bonds. The van der Waals surface area contributed by atoms with Gasteiger partial charge in [-0.2, -0.15) is 0 Å². The van der Waals surface area contributed by atoms with Gasteiger partial charge in [-0.05, 0) is 37.8 Å². The van der Waals surface area contributed by atoms with E-state index in [9.17, 15) is 9.59 Å². The summed E-state index contributed by atoms with van der Waals surface area (Å²) in [6.45, 7) is 12.7. The van der Waals surface area contributed by atoms with Crippen molar-refractivity contribution in [3.63, 3.8) is 0 Å². The first-order valence-corrected chi connectivity index (χ1v) is 8.88. The van der Waals surface area contributed by atoms with Gasteiger partial charge >= 0.3 is 0 Å². The summed E-state index contributed by atoms with van der Waals surface area (Å²) in [5.41, 5.74) is 0.387. The molecule has 0 saturated heterocycles. The number of hydrogen-bond donors (Lipinski definition) is 1. The van der Waals surface area contributed by atoms with Crippen LogP contribution in [0.25, 0.3) is 0 Å². The largest absolute Gasteiger partial charge is 0.340 e.